The molecule has 1 aromatic carbocycles. The Kier molecular flexibility index (Phi) is 5.74. The standard InChI is InChI=1S/C8H10ClN3O.C2H6/c1-12(11)8(13)7-5(9)3-2-4-6(7)10;1-2/h2-4H,10-11H2,1H3;1-2H3. The highest BCUT2D eigenvalue weighted by molar-refractivity contribution is 6.34. The third kappa shape index (κ3) is 3.42. The lowest BCUT2D eigenvalue weighted by molar-refractivity contribution is 0.0796. The average Bonchev–Trinajstić information content (AvgIpc) is 2.20. The molecule has 15 heavy (non-hydrogen) atoms. The molecule has 0 spiro atoms. The number of nitrogens with zero attached hydrogens (tertiary/aromatic N) is 1. The number of hydrogen-bond donors (Lipinski definition) is 2. The van der Waals surface area contributed by atoms with Crippen molar-refractivity contribution in [3.05, 3.63) is 28.8 Å². The maximum atomic E-state index is 11.4. The summed E-state index contributed by atoms with van der Waals surface area (Å²) in [4.78, 5) is 11.4. The van der Waals surface area contributed by atoms with Crippen molar-refractivity contribution in [3.8, 4) is 0 Å². The van der Waals surface area contributed by atoms with E-state index in [1.165, 1.54) is 7.05 Å². The van der Waals surface area contributed by atoms with Gasteiger partial charge in [0, 0.05) is 12.7 Å². The summed E-state index contributed by atoms with van der Waals surface area (Å²) in [5, 5.41) is 1.25. The van der Waals surface area contributed by atoms with E-state index in [1.807, 2.05) is 13.8 Å². The van der Waals surface area contributed by atoms with Gasteiger partial charge < -0.3 is 5.73 Å². The Balaban J connectivity index is 0.000000921. The second-order valence-electron chi connectivity index (χ2n) is 2.62. The lowest BCUT2D eigenvalue weighted by Crippen LogP contribution is -2.33. The van der Waals surface area contributed by atoms with E-state index >= 15 is 0 Å². The Labute approximate surface area is 94.8 Å². The SMILES string of the molecule is CC.CN(N)C(=O)c1c(N)cccc1Cl. The summed E-state index contributed by atoms with van der Waals surface area (Å²) in [7, 11) is 1.44. The fourth-order valence-corrected chi connectivity index (χ4v) is 1.21. The number of hydrogen-bond acceptors (Lipinski definition) is 3. The van der Waals surface area contributed by atoms with Crippen molar-refractivity contribution in [3.63, 3.8) is 0 Å². The number of hydrazine groups is 1. The van der Waals surface area contributed by atoms with Gasteiger partial charge in [-0.2, -0.15) is 0 Å². The first-order valence-corrected chi connectivity index (χ1v) is 4.98. The Morgan fingerprint density at radius 3 is 2.33 bits per heavy atom. The van der Waals surface area contributed by atoms with Crippen LogP contribution in [0.1, 0.15) is 24.2 Å². The molecule has 84 valence electrons. The highest BCUT2D eigenvalue weighted by atomic mass is 35.5. The summed E-state index contributed by atoms with van der Waals surface area (Å²) in [5.74, 6) is 4.88. The molecule has 1 aromatic rings. The van der Waals surface area contributed by atoms with Crippen LogP contribution < -0.4 is 11.6 Å². The van der Waals surface area contributed by atoms with Gasteiger partial charge in [-0.3, -0.25) is 9.80 Å². The molecule has 0 bridgehead atoms. The quantitative estimate of drug-likeness (QED) is 0.334. The topological polar surface area (TPSA) is 72.3 Å². The predicted molar refractivity (Wildman–Crippen MR) is 63.5 cm³/mol. The fourth-order valence-electron chi connectivity index (χ4n) is 0.943. The number of nitrogens with two attached hydrogens (primary N) is 2. The van der Waals surface area contributed by atoms with Crippen LogP contribution in [-0.2, 0) is 0 Å². The minimum absolute atomic E-state index is 0.245. The average molecular weight is 230 g/mol. The van der Waals surface area contributed by atoms with E-state index in [0.29, 0.717) is 10.7 Å². The van der Waals surface area contributed by atoms with Crippen LogP contribution in [0.4, 0.5) is 5.69 Å². The highest BCUT2D eigenvalue weighted by Gasteiger charge is 2.15. The van der Waals surface area contributed by atoms with E-state index in [1.54, 1.807) is 18.2 Å². The molecular weight excluding hydrogens is 214 g/mol. The van der Waals surface area contributed by atoms with Crippen LogP contribution in [0.2, 0.25) is 5.02 Å². The van der Waals surface area contributed by atoms with Crippen LogP contribution in [0.15, 0.2) is 18.2 Å². The first-order valence-electron chi connectivity index (χ1n) is 4.60. The lowest BCUT2D eigenvalue weighted by atomic mass is 10.1. The zero-order valence-corrected chi connectivity index (χ0v) is 9.88. The lowest BCUT2D eigenvalue weighted by Gasteiger charge is -2.12. The molecule has 4 N–H and O–H groups in total. The normalized spacial score (nSPS) is 8.87. The summed E-state index contributed by atoms with van der Waals surface area (Å²) >= 11 is 5.79. The highest BCUT2D eigenvalue weighted by Crippen LogP contribution is 2.22. The number of halogens is 1. The van der Waals surface area contributed by atoms with Crippen molar-refractivity contribution in [2.75, 3.05) is 12.8 Å². The number of anilines is 1. The molecule has 0 saturated heterocycles. The maximum Gasteiger partial charge on any atom is 0.271 e. The summed E-state index contributed by atoms with van der Waals surface area (Å²) in [6, 6.07) is 4.86. The van der Waals surface area contributed by atoms with E-state index < -0.39 is 5.91 Å². The second kappa shape index (κ2) is 6.27. The monoisotopic (exact) mass is 229 g/mol. The van der Waals surface area contributed by atoms with Gasteiger partial charge in [-0.1, -0.05) is 31.5 Å². The maximum absolute atomic E-state index is 11.4. The fraction of sp³-hybridized carbons (Fsp3) is 0.300. The molecule has 0 aliphatic carbocycles. The number of carbonyl (C=O) groups is 1. The van der Waals surface area contributed by atoms with Gasteiger partial charge in [0.1, 0.15) is 0 Å². The zero-order chi connectivity index (χ0) is 12.0. The molecule has 0 unspecified atom stereocenters. The van der Waals surface area contributed by atoms with Crippen molar-refractivity contribution < 1.29 is 4.79 Å². The number of nitrogen functional groups attached to an aromatic ring is 1. The molecular formula is C10H16ClN3O. The molecule has 4 nitrogen and oxygen atoms in total. The second-order valence-corrected chi connectivity index (χ2v) is 3.03. The van der Waals surface area contributed by atoms with Crippen LogP contribution >= 0.6 is 11.6 Å². The number of carbonyl (C=O) groups excluding carboxylic acids is 1. The molecule has 1 amide bonds. The van der Waals surface area contributed by atoms with Gasteiger partial charge in [-0.15, -0.1) is 0 Å². The van der Waals surface area contributed by atoms with Crippen molar-refractivity contribution >= 4 is 23.2 Å². The summed E-state index contributed by atoms with van der Waals surface area (Å²) in [6.45, 7) is 4.00. The van der Waals surface area contributed by atoms with Crippen LogP contribution in [0.5, 0.6) is 0 Å². The first-order chi connectivity index (χ1) is 7.04. The van der Waals surface area contributed by atoms with E-state index in [9.17, 15) is 4.79 Å². The van der Waals surface area contributed by atoms with Gasteiger partial charge in [0.15, 0.2) is 0 Å². The molecule has 0 heterocycles. The number of benzene rings is 1. The predicted octanol–water partition coefficient (Wildman–Crippen LogP) is 1.89. The smallest absolute Gasteiger partial charge is 0.271 e. The van der Waals surface area contributed by atoms with Gasteiger partial charge in [-0.05, 0) is 12.1 Å². The van der Waals surface area contributed by atoms with Gasteiger partial charge in [0.25, 0.3) is 5.91 Å². The van der Waals surface area contributed by atoms with Crippen molar-refractivity contribution in [2.24, 2.45) is 5.84 Å². The van der Waals surface area contributed by atoms with Gasteiger partial charge in [0.05, 0.1) is 10.6 Å². The zero-order valence-electron chi connectivity index (χ0n) is 9.12. The summed E-state index contributed by atoms with van der Waals surface area (Å²) < 4.78 is 0. The molecule has 0 aromatic heterocycles. The van der Waals surface area contributed by atoms with E-state index in [2.05, 4.69) is 0 Å². The molecule has 0 atom stereocenters. The first kappa shape index (κ1) is 13.7. The number of rotatable bonds is 1. The Morgan fingerprint density at radius 2 is 1.93 bits per heavy atom. The molecule has 0 saturated carbocycles. The van der Waals surface area contributed by atoms with Crippen LogP contribution in [0.25, 0.3) is 0 Å². The van der Waals surface area contributed by atoms with E-state index in [-0.39, 0.29) is 5.56 Å². The summed E-state index contributed by atoms with van der Waals surface area (Å²) in [5.41, 5.74) is 6.15. The largest absolute Gasteiger partial charge is 0.398 e. The van der Waals surface area contributed by atoms with Crippen molar-refractivity contribution in [1.82, 2.24) is 5.01 Å². The van der Waals surface area contributed by atoms with Gasteiger partial charge >= 0.3 is 0 Å². The van der Waals surface area contributed by atoms with Crippen LogP contribution in [-0.4, -0.2) is 18.0 Å². The Bertz CT molecular complexity index is 319. The molecule has 5 heteroatoms. The van der Waals surface area contributed by atoms with E-state index in [0.717, 1.165) is 5.01 Å². The Hall–Kier alpha value is -1.26. The third-order valence-electron chi connectivity index (χ3n) is 1.58. The molecule has 0 aliphatic rings. The van der Waals surface area contributed by atoms with Gasteiger partial charge in [-0.25, -0.2) is 5.84 Å². The van der Waals surface area contributed by atoms with Crippen LogP contribution in [0.3, 0.4) is 0 Å². The minimum atomic E-state index is -0.400. The molecule has 0 fully saturated rings. The Morgan fingerprint density at radius 1 is 1.40 bits per heavy atom. The van der Waals surface area contributed by atoms with Crippen LogP contribution in [0, 0.1) is 0 Å². The number of amides is 1. The van der Waals surface area contributed by atoms with Crippen molar-refractivity contribution in [2.45, 2.75) is 13.8 Å². The third-order valence-corrected chi connectivity index (χ3v) is 1.90. The van der Waals surface area contributed by atoms with Crippen molar-refractivity contribution in [1.29, 1.82) is 0 Å². The van der Waals surface area contributed by atoms with Gasteiger partial charge in [0.2, 0.25) is 0 Å². The molecule has 0 radical (unpaired) electrons. The van der Waals surface area contributed by atoms with E-state index in [4.69, 9.17) is 23.2 Å². The molecule has 0 aliphatic heterocycles. The summed E-state index contributed by atoms with van der Waals surface area (Å²) in [6.07, 6.45) is 0. The minimum Gasteiger partial charge on any atom is -0.398 e. The molecule has 1 rings (SSSR count).